The van der Waals surface area contributed by atoms with Crippen molar-refractivity contribution in [1.29, 1.82) is 0 Å². The van der Waals surface area contributed by atoms with Crippen molar-refractivity contribution in [2.75, 3.05) is 20.2 Å². The fourth-order valence-corrected chi connectivity index (χ4v) is 6.60. The predicted molar refractivity (Wildman–Crippen MR) is 133 cm³/mol. The van der Waals surface area contributed by atoms with Gasteiger partial charge in [-0.2, -0.15) is 0 Å². The van der Waals surface area contributed by atoms with Gasteiger partial charge in [0, 0.05) is 49.6 Å². The summed E-state index contributed by atoms with van der Waals surface area (Å²) in [5, 5.41) is 9.02. The van der Waals surface area contributed by atoms with Crippen molar-refractivity contribution in [2.45, 2.75) is 72.0 Å². The molecule has 1 aliphatic heterocycles. The average Bonchev–Trinajstić information content (AvgIpc) is 3.10. The van der Waals surface area contributed by atoms with E-state index in [9.17, 15) is 14.4 Å². The maximum absolute atomic E-state index is 13.6. The number of fused-ring (bicyclic) bond motifs is 2. The van der Waals surface area contributed by atoms with Gasteiger partial charge in [0.15, 0.2) is 0 Å². The van der Waals surface area contributed by atoms with Crippen molar-refractivity contribution in [3.05, 3.63) is 47.6 Å². The molecule has 0 radical (unpaired) electrons. The molecule has 0 aromatic rings. The Morgan fingerprint density at radius 3 is 2.51 bits per heavy atom. The SMILES string of the molecule is C/C=C/C=C/C=C/C(=O)O[C@@H]1[C@H](OC)C2=C(C(=O)N(CCCC(=O)O)C2)[C@@]2(C)CCCC(C)(C)[C@H]12. The Morgan fingerprint density at radius 2 is 1.86 bits per heavy atom. The van der Waals surface area contributed by atoms with Gasteiger partial charge in [0.05, 0.1) is 0 Å². The molecule has 2 aliphatic carbocycles. The zero-order valence-corrected chi connectivity index (χ0v) is 21.6. The van der Waals surface area contributed by atoms with Crippen LogP contribution < -0.4 is 0 Å². The number of methoxy groups -OCH3 is 1. The first-order chi connectivity index (χ1) is 16.6. The highest BCUT2D eigenvalue weighted by atomic mass is 16.6. The molecule has 1 fully saturated rings. The van der Waals surface area contributed by atoms with Crippen LogP contribution in [-0.4, -0.2) is 60.3 Å². The number of amides is 1. The summed E-state index contributed by atoms with van der Waals surface area (Å²) in [6.07, 6.45) is 12.6. The minimum absolute atomic E-state index is 0.0180. The highest BCUT2D eigenvalue weighted by molar-refractivity contribution is 5.99. The first-order valence-corrected chi connectivity index (χ1v) is 12.5. The van der Waals surface area contributed by atoms with Crippen molar-refractivity contribution in [3.8, 4) is 0 Å². The minimum atomic E-state index is -0.870. The van der Waals surface area contributed by atoms with Crippen LogP contribution in [0.1, 0.15) is 59.8 Å². The van der Waals surface area contributed by atoms with Gasteiger partial charge in [-0.3, -0.25) is 9.59 Å². The van der Waals surface area contributed by atoms with E-state index in [2.05, 4.69) is 20.8 Å². The van der Waals surface area contributed by atoms with E-state index >= 15 is 0 Å². The lowest BCUT2D eigenvalue weighted by Crippen LogP contribution is -2.58. The van der Waals surface area contributed by atoms with E-state index in [0.29, 0.717) is 19.5 Å². The van der Waals surface area contributed by atoms with E-state index in [1.54, 1.807) is 24.2 Å². The van der Waals surface area contributed by atoms with E-state index in [4.69, 9.17) is 14.6 Å². The van der Waals surface area contributed by atoms with Crippen LogP contribution in [-0.2, 0) is 23.9 Å². The van der Waals surface area contributed by atoms with Crippen LogP contribution in [0.25, 0.3) is 0 Å². The lowest BCUT2D eigenvalue weighted by atomic mass is 9.49. The van der Waals surface area contributed by atoms with Gasteiger partial charge in [0.25, 0.3) is 5.91 Å². The second-order valence-corrected chi connectivity index (χ2v) is 10.7. The summed E-state index contributed by atoms with van der Waals surface area (Å²) in [5.74, 6) is -1.42. The number of nitrogens with zero attached hydrogens (tertiary/aromatic N) is 1. The first-order valence-electron chi connectivity index (χ1n) is 12.5. The number of hydrogen-bond donors (Lipinski definition) is 1. The lowest BCUT2D eigenvalue weighted by Gasteiger charge is -2.57. The van der Waals surface area contributed by atoms with Gasteiger partial charge in [0.2, 0.25) is 0 Å². The highest BCUT2D eigenvalue weighted by Gasteiger charge is 2.62. The predicted octanol–water partition coefficient (Wildman–Crippen LogP) is 4.45. The number of ether oxygens (including phenoxy) is 2. The molecule has 192 valence electrons. The van der Waals surface area contributed by atoms with Crippen molar-refractivity contribution in [2.24, 2.45) is 16.7 Å². The number of allylic oxidation sites excluding steroid dienone is 5. The Balaban J connectivity index is 1.95. The summed E-state index contributed by atoms with van der Waals surface area (Å²) >= 11 is 0. The van der Waals surface area contributed by atoms with Crippen LogP contribution in [0.3, 0.4) is 0 Å². The fourth-order valence-electron chi connectivity index (χ4n) is 6.60. The van der Waals surface area contributed by atoms with E-state index in [-0.39, 0.29) is 23.7 Å². The second kappa shape index (κ2) is 10.9. The lowest BCUT2D eigenvalue weighted by molar-refractivity contribution is -0.173. The molecule has 7 nitrogen and oxygen atoms in total. The monoisotopic (exact) mass is 485 g/mol. The molecule has 35 heavy (non-hydrogen) atoms. The number of hydrogen-bond acceptors (Lipinski definition) is 5. The second-order valence-electron chi connectivity index (χ2n) is 10.7. The van der Waals surface area contributed by atoms with Crippen molar-refractivity contribution in [1.82, 2.24) is 4.90 Å². The molecule has 3 aliphatic rings. The summed E-state index contributed by atoms with van der Waals surface area (Å²) in [4.78, 5) is 39.2. The molecule has 4 atom stereocenters. The summed E-state index contributed by atoms with van der Waals surface area (Å²) in [6, 6.07) is 0. The van der Waals surface area contributed by atoms with Crippen molar-refractivity contribution >= 4 is 17.8 Å². The smallest absolute Gasteiger partial charge is 0.331 e. The Bertz CT molecular complexity index is 958. The van der Waals surface area contributed by atoms with Gasteiger partial charge in [-0.05, 0) is 37.2 Å². The molecule has 0 spiro atoms. The molecule has 1 N–H and O–H groups in total. The maximum Gasteiger partial charge on any atom is 0.331 e. The third kappa shape index (κ3) is 5.45. The van der Waals surface area contributed by atoms with Crippen molar-refractivity contribution < 1.29 is 29.0 Å². The molecule has 1 saturated carbocycles. The molecule has 3 rings (SSSR count). The Morgan fingerprint density at radius 1 is 1.14 bits per heavy atom. The fraction of sp³-hybridized carbons (Fsp3) is 0.607. The quantitative estimate of drug-likeness (QED) is 0.295. The largest absolute Gasteiger partial charge is 0.481 e. The number of carboxylic acids is 1. The van der Waals surface area contributed by atoms with Gasteiger partial charge in [-0.25, -0.2) is 4.79 Å². The number of carbonyl (C=O) groups excluding carboxylic acids is 2. The molecular weight excluding hydrogens is 446 g/mol. The van der Waals surface area contributed by atoms with E-state index in [0.717, 1.165) is 30.4 Å². The normalized spacial score (nSPS) is 30.4. The standard InChI is InChI=1S/C28H39NO6/c1-6-7-8-9-10-14-21(32)35-24-23(34-5)19-18-29(17-11-13-20(30)31)26(33)22(19)28(4)16-12-15-27(2,3)25(24)28/h6-10,14,23-25H,11-13,15-18H2,1-5H3,(H,30,31)/b7-6+,9-8+,14-10+/t23-,24-,25+,28-/m1/s1. The van der Waals surface area contributed by atoms with Crippen LogP contribution in [0.15, 0.2) is 47.6 Å². The topological polar surface area (TPSA) is 93.1 Å². The zero-order chi connectivity index (χ0) is 25.8. The van der Waals surface area contributed by atoms with Crippen LogP contribution in [0.4, 0.5) is 0 Å². The third-order valence-electron chi connectivity index (χ3n) is 7.85. The summed E-state index contributed by atoms with van der Waals surface area (Å²) < 4.78 is 12.1. The zero-order valence-electron chi connectivity index (χ0n) is 21.6. The van der Waals surface area contributed by atoms with E-state index in [1.165, 1.54) is 6.08 Å². The number of carboxylic acid groups (broad SMARTS) is 1. The number of esters is 1. The van der Waals surface area contributed by atoms with Gasteiger partial charge < -0.3 is 19.5 Å². The van der Waals surface area contributed by atoms with Gasteiger partial charge in [-0.15, -0.1) is 0 Å². The van der Waals surface area contributed by atoms with Gasteiger partial charge in [-0.1, -0.05) is 57.6 Å². The summed E-state index contributed by atoms with van der Waals surface area (Å²) in [6.45, 7) is 9.19. The number of aliphatic carboxylic acids is 1. The van der Waals surface area contributed by atoms with Gasteiger partial charge in [0.1, 0.15) is 12.2 Å². The van der Waals surface area contributed by atoms with Crippen LogP contribution in [0.2, 0.25) is 0 Å². The molecule has 0 saturated heterocycles. The summed E-state index contributed by atoms with van der Waals surface area (Å²) in [5.41, 5.74) is 1.04. The molecule has 0 unspecified atom stereocenters. The highest BCUT2D eigenvalue weighted by Crippen LogP contribution is 2.61. The Hall–Kier alpha value is -2.67. The van der Waals surface area contributed by atoms with Gasteiger partial charge >= 0.3 is 11.9 Å². The molecule has 1 heterocycles. The maximum atomic E-state index is 13.6. The number of rotatable bonds is 9. The molecule has 0 aromatic carbocycles. The Labute approximate surface area is 208 Å². The molecule has 7 heteroatoms. The molecule has 0 bridgehead atoms. The molecular formula is C28H39NO6. The molecule has 1 amide bonds. The summed E-state index contributed by atoms with van der Waals surface area (Å²) in [7, 11) is 1.60. The number of carbonyl (C=O) groups is 3. The van der Waals surface area contributed by atoms with E-state index in [1.807, 2.05) is 25.2 Å². The molecule has 0 aromatic heterocycles. The van der Waals surface area contributed by atoms with Crippen LogP contribution in [0, 0.1) is 16.7 Å². The minimum Gasteiger partial charge on any atom is -0.481 e. The van der Waals surface area contributed by atoms with E-state index < -0.39 is 29.6 Å². The average molecular weight is 486 g/mol. The third-order valence-corrected chi connectivity index (χ3v) is 7.85. The first kappa shape index (κ1) is 26.9. The van der Waals surface area contributed by atoms with Crippen molar-refractivity contribution in [3.63, 3.8) is 0 Å². The van der Waals surface area contributed by atoms with Crippen LogP contribution >= 0.6 is 0 Å². The van der Waals surface area contributed by atoms with Crippen LogP contribution in [0.5, 0.6) is 0 Å². The Kier molecular flexibility index (Phi) is 8.42.